The van der Waals surface area contributed by atoms with Gasteiger partial charge in [-0.2, -0.15) is 0 Å². The van der Waals surface area contributed by atoms with E-state index in [1.807, 2.05) is 37.3 Å². The molecule has 0 unspecified atom stereocenters. The van der Waals surface area contributed by atoms with Gasteiger partial charge in [-0.15, -0.1) is 0 Å². The molecule has 35 heavy (non-hydrogen) atoms. The van der Waals surface area contributed by atoms with Gasteiger partial charge in [0.25, 0.3) is 0 Å². The standard InChI is InChI=1S/C27H23NO7/c1-17-23(28-27(35-17)18-7-4-3-5-8-18)15-33-21-10-6-9-19(13-21)26(31)22-12-11-20(32-2)14-24(22)34-16-25(29)30/h3-14H,15-16H2,1-2H3,(H,29,30). The predicted octanol–water partition coefficient (Wildman–Crippen LogP) is 4.93. The van der Waals surface area contributed by atoms with Gasteiger partial charge in [0.05, 0.1) is 12.7 Å². The summed E-state index contributed by atoms with van der Waals surface area (Å²) in [5.74, 6) is 0.698. The first-order valence-corrected chi connectivity index (χ1v) is 10.8. The molecule has 4 rings (SSSR count). The second kappa shape index (κ2) is 10.6. The third-order valence-electron chi connectivity index (χ3n) is 5.17. The first-order valence-electron chi connectivity index (χ1n) is 10.8. The fraction of sp³-hybridized carbons (Fsp3) is 0.148. The Morgan fingerprint density at radius 2 is 1.74 bits per heavy atom. The van der Waals surface area contributed by atoms with Crippen LogP contribution in [0.1, 0.15) is 27.4 Å². The molecule has 0 atom stereocenters. The van der Waals surface area contributed by atoms with Crippen molar-refractivity contribution in [2.45, 2.75) is 13.5 Å². The fourth-order valence-electron chi connectivity index (χ4n) is 3.38. The number of hydrogen-bond donors (Lipinski definition) is 1. The van der Waals surface area contributed by atoms with E-state index in [1.165, 1.54) is 19.2 Å². The van der Waals surface area contributed by atoms with Crippen LogP contribution in [0, 0.1) is 6.92 Å². The minimum absolute atomic E-state index is 0.120. The van der Waals surface area contributed by atoms with E-state index >= 15 is 0 Å². The van der Waals surface area contributed by atoms with Crippen LogP contribution in [-0.4, -0.2) is 35.6 Å². The quantitative estimate of drug-likeness (QED) is 0.323. The highest BCUT2D eigenvalue weighted by molar-refractivity contribution is 6.11. The van der Waals surface area contributed by atoms with Gasteiger partial charge >= 0.3 is 5.97 Å². The summed E-state index contributed by atoms with van der Waals surface area (Å²) in [7, 11) is 1.47. The van der Waals surface area contributed by atoms with E-state index in [0.717, 1.165) is 5.56 Å². The number of ketones is 1. The van der Waals surface area contributed by atoms with Crippen molar-refractivity contribution in [2.24, 2.45) is 0 Å². The van der Waals surface area contributed by atoms with Gasteiger partial charge in [-0.25, -0.2) is 9.78 Å². The van der Waals surface area contributed by atoms with E-state index in [4.69, 9.17) is 23.7 Å². The smallest absolute Gasteiger partial charge is 0.341 e. The first kappa shape index (κ1) is 23.6. The molecule has 3 aromatic carbocycles. The lowest BCUT2D eigenvalue weighted by Crippen LogP contribution is -2.12. The van der Waals surface area contributed by atoms with Crippen LogP contribution in [0.2, 0.25) is 0 Å². The van der Waals surface area contributed by atoms with Crippen LogP contribution in [0.5, 0.6) is 17.2 Å². The zero-order valence-corrected chi connectivity index (χ0v) is 19.2. The van der Waals surface area contributed by atoms with Crippen molar-refractivity contribution >= 4 is 11.8 Å². The maximum atomic E-state index is 13.2. The molecule has 0 aliphatic heterocycles. The van der Waals surface area contributed by atoms with Crippen LogP contribution in [0.3, 0.4) is 0 Å². The van der Waals surface area contributed by atoms with Crippen molar-refractivity contribution in [3.05, 3.63) is 95.4 Å². The van der Waals surface area contributed by atoms with Gasteiger partial charge in [0.2, 0.25) is 5.89 Å². The Labute approximate surface area is 201 Å². The minimum Gasteiger partial charge on any atom is -0.497 e. The average Bonchev–Trinajstić information content (AvgIpc) is 3.26. The topological polar surface area (TPSA) is 108 Å². The summed E-state index contributed by atoms with van der Waals surface area (Å²) in [5, 5.41) is 8.95. The van der Waals surface area contributed by atoms with Crippen molar-refractivity contribution in [3.63, 3.8) is 0 Å². The van der Waals surface area contributed by atoms with Crippen LogP contribution in [0.4, 0.5) is 0 Å². The lowest BCUT2D eigenvalue weighted by Gasteiger charge is -2.12. The van der Waals surface area contributed by atoms with E-state index in [9.17, 15) is 9.59 Å². The number of carboxylic acids is 1. The van der Waals surface area contributed by atoms with Gasteiger partial charge in [0.15, 0.2) is 12.4 Å². The Balaban J connectivity index is 1.51. The summed E-state index contributed by atoms with van der Waals surface area (Å²) in [5.41, 5.74) is 2.09. The number of nitrogens with zero attached hydrogens (tertiary/aromatic N) is 1. The Morgan fingerprint density at radius 1 is 0.943 bits per heavy atom. The van der Waals surface area contributed by atoms with Crippen molar-refractivity contribution < 1.29 is 33.3 Å². The lowest BCUT2D eigenvalue weighted by molar-refractivity contribution is -0.139. The first-order chi connectivity index (χ1) is 16.9. The normalized spacial score (nSPS) is 10.6. The number of carbonyl (C=O) groups excluding carboxylic acids is 1. The van der Waals surface area contributed by atoms with Gasteiger partial charge in [-0.1, -0.05) is 30.3 Å². The molecule has 0 amide bonds. The number of hydrogen-bond acceptors (Lipinski definition) is 7. The molecule has 0 saturated heterocycles. The summed E-state index contributed by atoms with van der Waals surface area (Å²) >= 11 is 0. The van der Waals surface area contributed by atoms with Crippen LogP contribution < -0.4 is 14.2 Å². The number of benzene rings is 3. The van der Waals surface area contributed by atoms with Gasteiger partial charge in [-0.3, -0.25) is 4.79 Å². The van der Waals surface area contributed by atoms with Gasteiger partial charge in [-0.05, 0) is 43.3 Å². The molecule has 8 nitrogen and oxygen atoms in total. The van der Waals surface area contributed by atoms with E-state index in [-0.39, 0.29) is 23.7 Å². The van der Waals surface area contributed by atoms with Crippen LogP contribution in [-0.2, 0) is 11.4 Å². The number of rotatable bonds is 10. The van der Waals surface area contributed by atoms with E-state index in [1.54, 1.807) is 30.3 Å². The SMILES string of the molecule is COc1ccc(C(=O)c2cccc(OCc3nc(-c4ccccc4)oc3C)c2)c(OCC(=O)O)c1. The number of methoxy groups -OCH3 is 1. The molecule has 1 aromatic heterocycles. The molecule has 178 valence electrons. The monoisotopic (exact) mass is 473 g/mol. The third kappa shape index (κ3) is 5.67. The largest absolute Gasteiger partial charge is 0.497 e. The number of oxazole rings is 1. The van der Waals surface area contributed by atoms with Crippen LogP contribution in [0.25, 0.3) is 11.5 Å². The number of carboxylic acid groups (broad SMARTS) is 1. The molecule has 4 aromatic rings. The second-order valence-electron chi connectivity index (χ2n) is 7.58. The molecule has 0 bridgehead atoms. The third-order valence-corrected chi connectivity index (χ3v) is 5.17. The molecule has 8 heteroatoms. The molecule has 1 heterocycles. The molecule has 0 spiro atoms. The summed E-state index contributed by atoms with van der Waals surface area (Å²) in [6.07, 6.45) is 0. The average molecular weight is 473 g/mol. The Morgan fingerprint density at radius 3 is 2.49 bits per heavy atom. The van der Waals surface area contributed by atoms with Crippen LogP contribution in [0.15, 0.2) is 77.2 Å². The molecular weight excluding hydrogens is 450 g/mol. The number of carbonyl (C=O) groups is 2. The van der Waals surface area contributed by atoms with E-state index < -0.39 is 12.6 Å². The van der Waals surface area contributed by atoms with E-state index in [0.29, 0.717) is 34.4 Å². The second-order valence-corrected chi connectivity index (χ2v) is 7.58. The summed E-state index contributed by atoms with van der Waals surface area (Å²) < 4.78 is 22.1. The fourth-order valence-corrected chi connectivity index (χ4v) is 3.38. The molecule has 0 radical (unpaired) electrons. The minimum atomic E-state index is -1.15. The number of aromatic nitrogens is 1. The highest BCUT2D eigenvalue weighted by atomic mass is 16.5. The molecule has 0 aliphatic carbocycles. The van der Waals surface area contributed by atoms with Gasteiger partial charge in [0.1, 0.15) is 35.3 Å². The number of aliphatic carboxylic acids is 1. The summed E-state index contributed by atoms with van der Waals surface area (Å²) in [6, 6.07) is 20.9. The maximum absolute atomic E-state index is 13.2. The molecular formula is C27H23NO7. The summed E-state index contributed by atoms with van der Waals surface area (Å²) in [6.45, 7) is 1.40. The molecule has 0 saturated carbocycles. The highest BCUT2D eigenvalue weighted by Gasteiger charge is 2.18. The Kier molecular flexibility index (Phi) is 7.11. The Bertz CT molecular complexity index is 1340. The predicted molar refractivity (Wildman–Crippen MR) is 127 cm³/mol. The Hall–Kier alpha value is -4.59. The number of ether oxygens (including phenoxy) is 3. The zero-order chi connectivity index (χ0) is 24.8. The lowest BCUT2D eigenvalue weighted by atomic mass is 10.0. The summed E-state index contributed by atoms with van der Waals surface area (Å²) in [4.78, 5) is 28.7. The van der Waals surface area contributed by atoms with Crippen LogP contribution >= 0.6 is 0 Å². The molecule has 0 fully saturated rings. The highest BCUT2D eigenvalue weighted by Crippen LogP contribution is 2.28. The molecule has 0 aliphatic rings. The van der Waals surface area contributed by atoms with E-state index in [2.05, 4.69) is 4.98 Å². The molecule has 1 N–H and O–H groups in total. The maximum Gasteiger partial charge on any atom is 0.341 e. The van der Waals surface area contributed by atoms with Crippen molar-refractivity contribution in [3.8, 4) is 28.7 Å². The van der Waals surface area contributed by atoms with Crippen molar-refractivity contribution in [2.75, 3.05) is 13.7 Å². The van der Waals surface area contributed by atoms with Gasteiger partial charge < -0.3 is 23.7 Å². The van der Waals surface area contributed by atoms with Gasteiger partial charge in [0, 0.05) is 17.2 Å². The van der Waals surface area contributed by atoms with Crippen molar-refractivity contribution in [1.29, 1.82) is 0 Å². The number of aryl methyl sites for hydroxylation is 1. The zero-order valence-electron chi connectivity index (χ0n) is 19.2. The van der Waals surface area contributed by atoms with Crippen molar-refractivity contribution in [1.82, 2.24) is 4.98 Å².